The van der Waals surface area contributed by atoms with E-state index in [0.717, 1.165) is 18.6 Å². The Hall–Kier alpha value is -4.48. The van der Waals surface area contributed by atoms with Gasteiger partial charge < -0.3 is 29.9 Å². The van der Waals surface area contributed by atoms with Gasteiger partial charge in [0.25, 0.3) is 5.91 Å². The minimum Gasteiger partial charge on any atom is -0.493 e. The Balaban J connectivity index is 1.33. The lowest BCUT2D eigenvalue weighted by atomic mass is 10.1. The third-order valence-electron chi connectivity index (χ3n) is 6.19. The molecule has 12 heteroatoms. The molecule has 0 saturated carbocycles. The average Bonchev–Trinajstić information content (AvgIpc) is 3.19. The molecule has 0 unspecified atom stereocenters. The van der Waals surface area contributed by atoms with Gasteiger partial charge in [-0.2, -0.15) is 13.2 Å². The lowest BCUT2D eigenvalue weighted by molar-refractivity contribution is -0.137. The van der Waals surface area contributed by atoms with Crippen molar-refractivity contribution >= 4 is 29.1 Å². The number of halogens is 3. The Labute approximate surface area is 223 Å². The fourth-order valence-electron chi connectivity index (χ4n) is 4.22. The number of methoxy groups -OCH3 is 2. The van der Waals surface area contributed by atoms with Crippen LogP contribution in [-0.2, 0) is 6.18 Å². The van der Waals surface area contributed by atoms with Crippen molar-refractivity contribution in [3.63, 3.8) is 0 Å². The number of carbonyl (C=O) groups excluding carboxylic acids is 2. The van der Waals surface area contributed by atoms with E-state index in [9.17, 15) is 22.8 Å². The van der Waals surface area contributed by atoms with Crippen LogP contribution in [0.5, 0.6) is 11.5 Å². The third kappa shape index (κ3) is 6.89. The SMILES string of the molecule is COc1ccc(C(=O)N2CCCN(c3ccc(NC(=O)Nc4cccc(C(F)(F)F)c4)cn3)CC2)cc1OC. The highest BCUT2D eigenvalue weighted by Crippen LogP contribution is 2.31. The van der Waals surface area contributed by atoms with Crippen molar-refractivity contribution in [2.75, 3.05) is 55.9 Å². The molecule has 4 rings (SSSR count). The average molecular weight is 544 g/mol. The topological polar surface area (TPSA) is 96.0 Å². The third-order valence-corrected chi connectivity index (χ3v) is 6.19. The van der Waals surface area contributed by atoms with Crippen LogP contribution in [-0.4, -0.2) is 62.2 Å². The van der Waals surface area contributed by atoms with Gasteiger partial charge in [-0.05, 0) is 55.0 Å². The summed E-state index contributed by atoms with van der Waals surface area (Å²) in [6.45, 7) is 2.33. The first-order valence-electron chi connectivity index (χ1n) is 12.2. The zero-order valence-electron chi connectivity index (χ0n) is 21.4. The van der Waals surface area contributed by atoms with Crippen LogP contribution in [0.15, 0.2) is 60.8 Å². The first-order chi connectivity index (χ1) is 18.7. The molecule has 3 amide bonds. The van der Waals surface area contributed by atoms with E-state index in [1.54, 1.807) is 35.2 Å². The Morgan fingerprint density at radius 3 is 2.33 bits per heavy atom. The van der Waals surface area contributed by atoms with Crippen LogP contribution in [0.2, 0.25) is 0 Å². The second kappa shape index (κ2) is 11.9. The fourth-order valence-corrected chi connectivity index (χ4v) is 4.22. The minimum atomic E-state index is -4.51. The van der Waals surface area contributed by atoms with Gasteiger partial charge in [-0.25, -0.2) is 9.78 Å². The van der Waals surface area contributed by atoms with Crippen LogP contribution in [0.25, 0.3) is 0 Å². The van der Waals surface area contributed by atoms with Crippen molar-refractivity contribution in [3.05, 3.63) is 71.9 Å². The molecule has 39 heavy (non-hydrogen) atoms. The van der Waals surface area contributed by atoms with Gasteiger partial charge in [0.2, 0.25) is 0 Å². The number of amides is 3. The van der Waals surface area contributed by atoms with Crippen LogP contribution >= 0.6 is 0 Å². The number of carbonyl (C=O) groups is 2. The molecule has 0 spiro atoms. The highest BCUT2D eigenvalue weighted by Gasteiger charge is 2.30. The van der Waals surface area contributed by atoms with E-state index in [0.29, 0.717) is 54.7 Å². The standard InChI is InChI=1S/C27H28F3N5O4/c1-38-22-9-7-18(15-23(22)39-2)25(36)35-12-4-11-34(13-14-35)24-10-8-21(17-31-24)33-26(37)32-20-6-3-5-19(16-20)27(28,29)30/h3,5-10,15-17H,4,11-14H2,1-2H3,(H2,32,33,37). The maximum absolute atomic E-state index is 13.1. The van der Waals surface area contributed by atoms with Crippen molar-refractivity contribution in [2.24, 2.45) is 0 Å². The smallest absolute Gasteiger partial charge is 0.416 e. The second-order valence-electron chi connectivity index (χ2n) is 8.77. The molecule has 2 N–H and O–H groups in total. The molecule has 1 saturated heterocycles. The number of ether oxygens (including phenoxy) is 2. The maximum atomic E-state index is 13.1. The van der Waals surface area contributed by atoms with Gasteiger partial charge in [-0.3, -0.25) is 4.79 Å². The van der Waals surface area contributed by atoms with E-state index >= 15 is 0 Å². The van der Waals surface area contributed by atoms with E-state index in [4.69, 9.17) is 9.47 Å². The zero-order valence-corrected chi connectivity index (χ0v) is 21.4. The van der Waals surface area contributed by atoms with E-state index in [1.165, 1.54) is 32.5 Å². The lowest BCUT2D eigenvalue weighted by Gasteiger charge is -2.23. The molecule has 0 atom stereocenters. The lowest BCUT2D eigenvalue weighted by Crippen LogP contribution is -2.35. The number of aromatic nitrogens is 1. The molecule has 0 aliphatic carbocycles. The van der Waals surface area contributed by atoms with Gasteiger partial charge >= 0.3 is 12.2 Å². The predicted molar refractivity (Wildman–Crippen MR) is 141 cm³/mol. The number of nitrogens with one attached hydrogen (secondary N) is 2. The summed E-state index contributed by atoms with van der Waals surface area (Å²) >= 11 is 0. The Morgan fingerprint density at radius 2 is 1.64 bits per heavy atom. The second-order valence-corrected chi connectivity index (χ2v) is 8.77. The van der Waals surface area contributed by atoms with Gasteiger partial charge in [0.1, 0.15) is 5.82 Å². The normalized spacial score (nSPS) is 13.9. The Morgan fingerprint density at radius 1 is 0.872 bits per heavy atom. The molecule has 3 aromatic rings. The van der Waals surface area contributed by atoms with Crippen LogP contribution in [0, 0.1) is 0 Å². The number of pyridine rings is 1. The summed E-state index contributed by atoms with van der Waals surface area (Å²) in [6, 6.07) is 12.2. The number of alkyl halides is 3. The number of anilines is 3. The quantitative estimate of drug-likeness (QED) is 0.449. The summed E-state index contributed by atoms with van der Waals surface area (Å²) in [5, 5.41) is 4.96. The molecule has 1 aliphatic heterocycles. The summed E-state index contributed by atoms with van der Waals surface area (Å²) in [7, 11) is 3.06. The molecule has 2 aromatic carbocycles. The van der Waals surface area contributed by atoms with Crippen LogP contribution in [0.4, 0.5) is 35.2 Å². The van der Waals surface area contributed by atoms with Crippen LogP contribution < -0.4 is 25.0 Å². The summed E-state index contributed by atoms with van der Waals surface area (Å²) in [5.74, 6) is 1.62. The molecule has 206 valence electrons. The van der Waals surface area contributed by atoms with Gasteiger partial charge in [0, 0.05) is 37.4 Å². The van der Waals surface area contributed by atoms with Gasteiger partial charge in [-0.15, -0.1) is 0 Å². The van der Waals surface area contributed by atoms with Crippen LogP contribution in [0.3, 0.4) is 0 Å². The molecule has 1 fully saturated rings. The maximum Gasteiger partial charge on any atom is 0.416 e. The van der Waals surface area contributed by atoms with Gasteiger partial charge in [0.05, 0.1) is 31.7 Å². The molecule has 0 radical (unpaired) electrons. The number of nitrogens with zero attached hydrogens (tertiary/aromatic N) is 3. The summed E-state index contributed by atoms with van der Waals surface area (Å²) in [4.78, 5) is 33.6. The number of rotatable bonds is 6. The largest absolute Gasteiger partial charge is 0.493 e. The van der Waals surface area contributed by atoms with E-state index in [2.05, 4.69) is 15.6 Å². The first kappa shape index (κ1) is 27.6. The Kier molecular flexibility index (Phi) is 8.43. The van der Waals surface area contributed by atoms with Crippen molar-refractivity contribution in [1.82, 2.24) is 9.88 Å². The van der Waals surface area contributed by atoms with Gasteiger partial charge in [0.15, 0.2) is 11.5 Å². The summed E-state index contributed by atoms with van der Waals surface area (Å²) in [5.41, 5.74) is 0.0535. The highest BCUT2D eigenvalue weighted by atomic mass is 19.4. The van der Waals surface area contributed by atoms with E-state index < -0.39 is 17.8 Å². The number of benzene rings is 2. The van der Waals surface area contributed by atoms with Crippen molar-refractivity contribution in [1.29, 1.82) is 0 Å². The minimum absolute atomic E-state index is 0.0173. The number of hydrogen-bond acceptors (Lipinski definition) is 6. The monoisotopic (exact) mass is 543 g/mol. The van der Waals surface area contributed by atoms with Crippen molar-refractivity contribution < 1.29 is 32.2 Å². The van der Waals surface area contributed by atoms with Crippen LogP contribution in [0.1, 0.15) is 22.3 Å². The van der Waals surface area contributed by atoms with Crippen molar-refractivity contribution in [3.8, 4) is 11.5 Å². The molecule has 1 aliphatic rings. The first-order valence-corrected chi connectivity index (χ1v) is 12.2. The Bertz CT molecular complexity index is 1320. The zero-order chi connectivity index (χ0) is 28.0. The molecule has 0 bridgehead atoms. The molecular formula is C27H28F3N5O4. The van der Waals surface area contributed by atoms with Crippen molar-refractivity contribution in [2.45, 2.75) is 12.6 Å². The molecule has 1 aromatic heterocycles. The molecule has 9 nitrogen and oxygen atoms in total. The molecular weight excluding hydrogens is 515 g/mol. The number of hydrogen-bond donors (Lipinski definition) is 2. The fraction of sp³-hybridized carbons (Fsp3) is 0.296. The number of urea groups is 1. The van der Waals surface area contributed by atoms with E-state index in [-0.39, 0.29) is 11.6 Å². The highest BCUT2D eigenvalue weighted by molar-refractivity contribution is 5.99. The molecule has 2 heterocycles. The summed E-state index contributed by atoms with van der Waals surface area (Å²) in [6.07, 6.45) is -2.30. The van der Waals surface area contributed by atoms with Gasteiger partial charge in [-0.1, -0.05) is 6.07 Å². The summed E-state index contributed by atoms with van der Waals surface area (Å²) < 4.78 is 49.2. The predicted octanol–water partition coefficient (Wildman–Crippen LogP) is 5.11. The van der Waals surface area contributed by atoms with E-state index in [1.807, 2.05) is 4.90 Å².